The molecule has 0 atom stereocenters. The fourth-order valence-corrected chi connectivity index (χ4v) is 4.19. The van der Waals surface area contributed by atoms with Gasteiger partial charge in [0.05, 0.1) is 58.1 Å². The molecule has 0 heterocycles. The Labute approximate surface area is 119 Å². The summed E-state index contributed by atoms with van der Waals surface area (Å²) in [6, 6.07) is 0. The minimum absolute atomic E-state index is 0.624. The van der Waals surface area contributed by atoms with E-state index in [1.54, 1.807) is 7.11 Å². The van der Waals surface area contributed by atoms with Gasteiger partial charge in [-0.3, -0.25) is 0 Å². The second-order valence-electron chi connectivity index (χ2n) is 4.55. The van der Waals surface area contributed by atoms with Crippen molar-refractivity contribution < 1.29 is 18.9 Å². The smallest absolute Gasteiger partial charge is 0.157 e. The summed E-state index contributed by atoms with van der Waals surface area (Å²) in [7, 11) is 0.840. The Bertz CT molecular complexity index is 178. The Morgan fingerprint density at radius 1 is 0.632 bits per heavy atom. The van der Waals surface area contributed by atoms with Gasteiger partial charge < -0.3 is 18.9 Å². The van der Waals surface area contributed by atoms with Crippen molar-refractivity contribution in [3.8, 4) is 0 Å². The second-order valence-corrected chi connectivity index (χ2v) is 9.38. The molecular weight excluding hydrogens is 263 g/mol. The highest BCUT2D eigenvalue weighted by Crippen LogP contribution is 2.57. The highest BCUT2D eigenvalue weighted by molar-refractivity contribution is 7.75. The first-order valence-electron chi connectivity index (χ1n) is 7.32. The normalized spacial score (nSPS) is 12.0. The van der Waals surface area contributed by atoms with Crippen molar-refractivity contribution in [1.29, 1.82) is 0 Å². The minimum Gasteiger partial charge on any atom is -0.382 e. The Kier molecular flexibility index (Phi) is 13.5. The van der Waals surface area contributed by atoms with Crippen LogP contribution in [0.3, 0.4) is 0 Å². The Morgan fingerprint density at radius 2 is 1.05 bits per heavy atom. The van der Waals surface area contributed by atoms with E-state index in [1.807, 2.05) is 0 Å². The van der Waals surface area contributed by atoms with Crippen LogP contribution >= 0.6 is 7.26 Å². The molecule has 0 aliphatic carbocycles. The molecule has 0 saturated carbocycles. The van der Waals surface area contributed by atoms with Crippen molar-refractivity contribution in [2.24, 2.45) is 0 Å². The third-order valence-electron chi connectivity index (χ3n) is 3.55. The predicted molar refractivity (Wildman–Crippen MR) is 82.9 cm³/mol. The Balaban J connectivity index is 3.35. The van der Waals surface area contributed by atoms with E-state index in [0.29, 0.717) is 39.6 Å². The molecule has 116 valence electrons. The van der Waals surface area contributed by atoms with Gasteiger partial charge in [0, 0.05) is 14.4 Å². The molecule has 0 bridgehead atoms. The minimum atomic E-state index is -0.829. The lowest BCUT2D eigenvalue weighted by Crippen LogP contribution is -2.14. The fraction of sp³-hybridized carbons (Fsp3) is 1.00. The van der Waals surface area contributed by atoms with E-state index in [4.69, 9.17) is 18.9 Å². The standard InChI is InChI=1S/C14H32O4P/c1-5-19(6-2,7-3)14-18-13-12-17-11-10-16-9-8-15-4/h5-14H2,1-4H3/q+1. The Hall–Kier alpha value is 0.270. The quantitative estimate of drug-likeness (QED) is 0.365. The summed E-state index contributed by atoms with van der Waals surface area (Å²) in [5.74, 6) is 0. The second kappa shape index (κ2) is 13.3. The molecule has 0 aromatic rings. The maximum absolute atomic E-state index is 5.78. The summed E-state index contributed by atoms with van der Waals surface area (Å²) in [5, 5.41) is 0. The molecular formula is C14H32O4P+. The van der Waals surface area contributed by atoms with E-state index >= 15 is 0 Å². The number of ether oxygens (including phenoxy) is 4. The monoisotopic (exact) mass is 295 g/mol. The first-order valence-corrected chi connectivity index (χ1v) is 9.85. The predicted octanol–water partition coefficient (Wildman–Crippen LogP) is 2.72. The maximum Gasteiger partial charge on any atom is 0.157 e. The van der Waals surface area contributed by atoms with Crippen LogP contribution in [0, 0.1) is 0 Å². The van der Waals surface area contributed by atoms with Gasteiger partial charge in [0.15, 0.2) is 6.35 Å². The highest BCUT2D eigenvalue weighted by Gasteiger charge is 2.31. The molecule has 0 aliphatic rings. The van der Waals surface area contributed by atoms with Crippen LogP contribution in [0.5, 0.6) is 0 Å². The number of rotatable bonds is 14. The summed E-state index contributed by atoms with van der Waals surface area (Å²) < 4.78 is 21.4. The molecule has 0 spiro atoms. The van der Waals surface area contributed by atoms with Crippen LogP contribution in [0.15, 0.2) is 0 Å². The zero-order valence-corrected chi connectivity index (χ0v) is 14.0. The summed E-state index contributed by atoms with van der Waals surface area (Å²) in [4.78, 5) is 0. The van der Waals surface area contributed by atoms with Crippen LogP contribution in [0.2, 0.25) is 0 Å². The SMILES string of the molecule is CC[P+](CC)(CC)COCCOCCOCCOC. The topological polar surface area (TPSA) is 36.9 Å². The van der Waals surface area contributed by atoms with Gasteiger partial charge in [-0.1, -0.05) is 0 Å². The molecule has 5 heteroatoms. The van der Waals surface area contributed by atoms with E-state index < -0.39 is 7.26 Å². The Morgan fingerprint density at radius 3 is 1.47 bits per heavy atom. The molecule has 0 aromatic heterocycles. The van der Waals surface area contributed by atoms with Crippen molar-refractivity contribution in [3.63, 3.8) is 0 Å². The average molecular weight is 295 g/mol. The van der Waals surface area contributed by atoms with Crippen LogP contribution in [-0.4, -0.2) is 71.6 Å². The van der Waals surface area contributed by atoms with Crippen LogP contribution in [-0.2, 0) is 18.9 Å². The summed E-state index contributed by atoms with van der Waals surface area (Å²) >= 11 is 0. The van der Waals surface area contributed by atoms with Crippen LogP contribution in [0.1, 0.15) is 20.8 Å². The molecule has 0 aromatic carbocycles. The van der Waals surface area contributed by atoms with Gasteiger partial charge in [0.25, 0.3) is 0 Å². The molecule has 0 amide bonds. The molecule has 19 heavy (non-hydrogen) atoms. The average Bonchev–Trinajstić information content (AvgIpc) is 2.46. The van der Waals surface area contributed by atoms with Gasteiger partial charge in [0.2, 0.25) is 0 Å². The highest BCUT2D eigenvalue weighted by atomic mass is 31.2. The van der Waals surface area contributed by atoms with E-state index in [9.17, 15) is 0 Å². The summed E-state index contributed by atoms with van der Waals surface area (Å²) in [6.07, 6.45) is 4.81. The molecule has 0 N–H and O–H groups in total. The fourth-order valence-electron chi connectivity index (χ4n) is 1.78. The van der Waals surface area contributed by atoms with Gasteiger partial charge in [-0.15, -0.1) is 0 Å². The molecule has 0 saturated heterocycles. The molecule has 0 unspecified atom stereocenters. The van der Waals surface area contributed by atoms with Crippen LogP contribution in [0.4, 0.5) is 0 Å². The van der Waals surface area contributed by atoms with Gasteiger partial charge in [-0.05, 0) is 20.8 Å². The molecule has 4 nitrogen and oxygen atoms in total. The number of hydrogen-bond donors (Lipinski definition) is 0. The first-order chi connectivity index (χ1) is 9.24. The third kappa shape index (κ3) is 9.75. The van der Waals surface area contributed by atoms with Crippen LogP contribution < -0.4 is 0 Å². The molecule has 0 aliphatic heterocycles. The lowest BCUT2D eigenvalue weighted by atomic mass is 10.7. The van der Waals surface area contributed by atoms with Gasteiger partial charge >= 0.3 is 0 Å². The largest absolute Gasteiger partial charge is 0.382 e. The van der Waals surface area contributed by atoms with Gasteiger partial charge in [-0.2, -0.15) is 0 Å². The number of methoxy groups -OCH3 is 1. The maximum atomic E-state index is 5.78. The van der Waals surface area contributed by atoms with Gasteiger partial charge in [-0.25, -0.2) is 0 Å². The molecule has 0 fully saturated rings. The van der Waals surface area contributed by atoms with Crippen molar-refractivity contribution in [2.45, 2.75) is 20.8 Å². The van der Waals surface area contributed by atoms with E-state index in [2.05, 4.69) is 20.8 Å². The third-order valence-corrected chi connectivity index (χ3v) is 8.31. The summed E-state index contributed by atoms with van der Waals surface area (Å²) in [6.45, 7) is 10.7. The molecule has 0 rings (SSSR count). The molecule has 0 radical (unpaired) electrons. The lowest BCUT2D eigenvalue weighted by Gasteiger charge is -2.23. The van der Waals surface area contributed by atoms with Crippen LogP contribution in [0.25, 0.3) is 0 Å². The van der Waals surface area contributed by atoms with Gasteiger partial charge in [0.1, 0.15) is 0 Å². The summed E-state index contributed by atoms with van der Waals surface area (Å²) in [5.41, 5.74) is 0. The van der Waals surface area contributed by atoms with E-state index in [1.165, 1.54) is 18.5 Å². The van der Waals surface area contributed by atoms with E-state index in [-0.39, 0.29) is 0 Å². The van der Waals surface area contributed by atoms with Crippen molar-refractivity contribution >= 4 is 7.26 Å². The number of hydrogen-bond acceptors (Lipinski definition) is 4. The van der Waals surface area contributed by atoms with Crippen molar-refractivity contribution in [1.82, 2.24) is 0 Å². The van der Waals surface area contributed by atoms with E-state index in [0.717, 1.165) is 6.35 Å². The lowest BCUT2D eigenvalue weighted by molar-refractivity contribution is 0.00873. The van der Waals surface area contributed by atoms with Crippen molar-refractivity contribution in [3.05, 3.63) is 0 Å². The zero-order chi connectivity index (χ0) is 14.4. The zero-order valence-electron chi connectivity index (χ0n) is 13.2. The van der Waals surface area contributed by atoms with Crippen molar-refractivity contribution in [2.75, 3.05) is 71.6 Å². The first kappa shape index (κ1) is 19.3.